The Bertz CT molecular complexity index is 488. The summed E-state index contributed by atoms with van der Waals surface area (Å²) in [6, 6.07) is 11.0. The van der Waals surface area contributed by atoms with Gasteiger partial charge >= 0.3 is 0 Å². The summed E-state index contributed by atoms with van der Waals surface area (Å²) in [5.74, 6) is 1.22. The van der Waals surface area contributed by atoms with E-state index >= 15 is 0 Å². The number of hydrogen-bond donors (Lipinski definition) is 2. The third kappa shape index (κ3) is 2.92. The number of aliphatic hydroxyl groups excluding tert-OH is 1. The minimum Gasteiger partial charge on any atom is -0.475 e. The van der Waals surface area contributed by atoms with E-state index in [0.717, 1.165) is 5.56 Å². The molecule has 0 saturated carbocycles. The quantitative estimate of drug-likeness (QED) is 0.823. The number of aromatic nitrogens is 2. The number of nitrogens with two attached hydrogens (primary N) is 1. The molecule has 17 heavy (non-hydrogen) atoms. The van der Waals surface area contributed by atoms with Gasteiger partial charge in [-0.1, -0.05) is 30.3 Å². The van der Waals surface area contributed by atoms with E-state index < -0.39 is 0 Å². The normalized spacial score (nSPS) is 10.2. The Hall–Kier alpha value is -2.14. The second kappa shape index (κ2) is 5.27. The molecule has 3 N–H and O–H groups in total. The first-order chi connectivity index (χ1) is 8.29. The fraction of sp³-hybridized carbons (Fsp3) is 0.167. The van der Waals surface area contributed by atoms with Crippen molar-refractivity contribution in [3.63, 3.8) is 0 Å². The van der Waals surface area contributed by atoms with Gasteiger partial charge in [0.05, 0.1) is 6.61 Å². The van der Waals surface area contributed by atoms with Gasteiger partial charge in [-0.2, -0.15) is 4.98 Å². The van der Waals surface area contributed by atoms with Crippen molar-refractivity contribution in [2.45, 2.75) is 0 Å². The molecule has 5 nitrogen and oxygen atoms in total. The number of ether oxygens (including phenoxy) is 1. The van der Waals surface area contributed by atoms with Gasteiger partial charge in [-0.05, 0) is 0 Å². The fourth-order valence-corrected chi connectivity index (χ4v) is 1.38. The van der Waals surface area contributed by atoms with Crippen molar-refractivity contribution in [2.75, 3.05) is 18.9 Å². The molecule has 0 bridgehead atoms. The molecule has 1 aromatic carbocycles. The molecule has 88 valence electrons. The van der Waals surface area contributed by atoms with Gasteiger partial charge in [0.1, 0.15) is 12.4 Å². The van der Waals surface area contributed by atoms with Crippen molar-refractivity contribution in [3.8, 4) is 17.3 Å². The smallest absolute Gasteiger partial charge is 0.219 e. The highest BCUT2D eigenvalue weighted by Gasteiger charge is 2.05. The van der Waals surface area contributed by atoms with Crippen molar-refractivity contribution in [1.82, 2.24) is 9.97 Å². The Morgan fingerprint density at radius 2 is 1.94 bits per heavy atom. The molecule has 0 aliphatic carbocycles. The second-order valence-corrected chi connectivity index (χ2v) is 3.39. The van der Waals surface area contributed by atoms with E-state index in [-0.39, 0.29) is 13.2 Å². The highest BCUT2D eigenvalue weighted by atomic mass is 16.5. The minimum absolute atomic E-state index is 0.0649. The topological polar surface area (TPSA) is 81.3 Å². The summed E-state index contributed by atoms with van der Waals surface area (Å²) in [7, 11) is 0. The SMILES string of the molecule is Nc1cc(OCCO)nc(-c2ccccc2)n1. The average Bonchev–Trinajstić information content (AvgIpc) is 2.37. The lowest BCUT2D eigenvalue weighted by atomic mass is 10.2. The summed E-state index contributed by atoms with van der Waals surface area (Å²) in [6.45, 7) is 0.120. The molecule has 2 aromatic rings. The molecule has 1 aromatic heterocycles. The van der Waals surface area contributed by atoms with E-state index in [9.17, 15) is 0 Å². The maximum atomic E-state index is 8.68. The van der Waals surface area contributed by atoms with Gasteiger partial charge in [0, 0.05) is 11.6 Å². The third-order valence-corrected chi connectivity index (χ3v) is 2.10. The number of nitrogen functional groups attached to an aromatic ring is 1. The first-order valence-electron chi connectivity index (χ1n) is 5.23. The molecule has 0 amide bonds. The minimum atomic E-state index is -0.0649. The molecule has 0 aliphatic rings. The van der Waals surface area contributed by atoms with Gasteiger partial charge in [0.15, 0.2) is 5.82 Å². The fourth-order valence-electron chi connectivity index (χ4n) is 1.38. The number of hydrogen-bond acceptors (Lipinski definition) is 5. The highest BCUT2D eigenvalue weighted by Crippen LogP contribution is 2.19. The van der Waals surface area contributed by atoms with E-state index in [0.29, 0.717) is 17.5 Å². The standard InChI is InChI=1S/C12H13N3O2/c13-10-8-11(17-7-6-16)15-12(14-10)9-4-2-1-3-5-9/h1-5,8,16H,6-7H2,(H2,13,14,15). The zero-order valence-corrected chi connectivity index (χ0v) is 9.21. The summed E-state index contributed by atoms with van der Waals surface area (Å²) in [5, 5.41) is 8.68. The molecule has 0 fully saturated rings. The molecular formula is C12H13N3O2. The van der Waals surface area contributed by atoms with Gasteiger partial charge < -0.3 is 15.6 Å². The van der Waals surface area contributed by atoms with Crippen LogP contribution in [0.25, 0.3) is 11.4 Å². The monoisotopic (exact) mass is 231 g/mol. The van der Waals surface area contributed by atoms with Crippen LogP contribution in [0.4, 0.5) is 5.82 Å². The molecule has 0 aliphatic heterocycles. The highest BCUT2D eigenvalue weighted by molar-refractivity contribution is 5.57. The van der Waals surface area contributed by atoms with E-state index in [2.05, 4.69) is 9.97 Å². The van der Waals surface area contributed by atoms with Crippen LogP contribution < -0.4 is 10.5 Å². The van der Waals surface area contributed by atoms with E-state index in [4.69, 9.17) is 15.6 Å². The van der Waals surface area contributed by atoms with Gasteiger partial charge in [-0.3, -0.25) is 0 Å². The van der Waals surface area contributed by atoms with Crippen LogP contribution in [-0.4, -0.2) is 28.3 Å². The van der Waals surface area contributed by atoms with Crippen LogP contribution in [0.3, 0.4) is 0 Å². The van der Waals surface area contributed by atoms with Gasteiger partial charge in [-0.25, -0.2) is 4.98 Å². The maximum absolute atomic E-state index is 8.68. The van der Waals surface area contributed by atoms with Crippen LogP contribution in [0.1, 0.15) is 0 Å². The van der Waals surface area contributed by atoms with Crippen molar-refractivity contribution in [2.24, 2.45) is 0 Å². The van der Waals surface area contributed by atoms with Gasteiger partial charge in [-0.15, -0.1) is 0 Å². The molecule has 0 atom stereocenters. The van der Waals surface area contributed by atoms with Crippen molar-refractivity contribution < 1.29 is 9.84 Å². The number of benzene rings is 1. The van der Waals surface area contributed by atoms with Gasteiger partial charge in [0.25, 0.3) is 0 Å². The number of anilines is 1. The zero-order chi connectivity index (χ0) is 12.1. The Morgan fingerprint density at radius 1 is 1.18 bits per heavy atom. The summed E-state index contributed by atoms with van der Waals surface area (Å²) in [5.41, 5.74) is 6.54. The molecular weight excluding hydrogens is 218 g/mol. The lowest BCUT2D eigenvalue weighted by Gasteiger charge is -2.06. The lowest BCUT2D eigenvalue weighted by Crippen LogP contribution is -2.05. The predicted molar refractivity (Wildman–Crippen MR) is 64.5 cm³/mol. The zero-order valence-electron chi connectivity index (χ0n) is 9.21. The molecule has 0 radical (unpaired) electrons. The van der Waals surface area contributed by atoms with Crippen molar-refractivity contribution >= 4 is 5.82 Å². The van der Waals surface area contributed by atoms with Crippen LogP contribution in [0.5, 0.6) is 5.88 Å². The first kappa shape index (κ1) is 11.3. The Kier molecular flexibility index (Phi) is 3.52. The number of nitrogens with zero attached hydrogens (tertiary/aromatic N) is 2. The number of rotatable bonds is 4. The summed E-state index contributed by atoms with van der Waals surface area (Å²) < 4.78 is 5.22. The average molecular weight is 231 g/mol. The van der Waals surface area contributed by atoms with E-state index in [1.54, 1.807) is 0 Å². The molecule has 5 heteroatoms. The maximum Gasteiger partial charge on any atom is 0.219 e. The molecule has 1 heterocycles. The summed E-state index contributed by atoms with van der Waals surface area (Å²) in [4.78, 5) is 8.35. The largest absolute Gasteiger partial charge is 0.475 e. The van der Waals surface area contributed by atoms with Gasteiger partial charge in [0.2, 0.25) is 5.88 Å². The number of aliphatic hydroxyl groups is 1. The lowest BCUT2D eigenvalue weighted by molar-refractivity contribution is 0.197. The summed E-state index contributed by atoms with van der Waals surface area (Å²) in [6.07, 6.45) is 0. The molecule has 0 spiro atoms. The van der Waals surface area contributed by atoms with Crippen LogP contribution in [-0.2, 0) is 0 Å². The Balaban J connectivity index is 2.32. The Morgan fingerprint density at radius 3 is 2.65 bits per heavy atom. The van der Waals surface area contributed by atoms with Crippen LogP contribution in [0.15, 0.2) is 36.4 Å². The molecule has 0 saturated heterocycles. The van der Waals surface area contributed by atoms with Crippen LogP contribution in [0.2, 0.25) is 0 Å². The van der Waals surface area contributed by atoms with E-state index in [1.165, 1.54) is 6.07 Å². The van der Waals surface area contributed by atoms with Crippen LogP contribution in [0, 0.1) is 0 Å². The Labute approximate surface area is 98.9 Å². The summed E-state index contributed by atoms with van der Waals surface area (Å²) >= 11 is 0. The third-order valence-electron chi connectivity index (χ3n) is 2.10. The van der Waals surface area contributed by atoms with Crippen molar-refractivity contribution in [3.05, 3.63) is 36.4 Å². The van der Waals surface area contributed by atoms with Crippen molar-refractivity contribution in [1.29, 1.82) is 0 Å². The van der Waals surface area contributed by atoms with Crippen LogP contribution >= 0.6 is 0 Å². The first-order valence-corrected chi connectivity index (χ1v) is 5.23. The second-order valence-electron chi connectivity index (χ2n) is 3.39. The molecule has 2 rings (SSSR count). The molecule has 0 unspecified atom stereocenters. The predicted octanol–water partition coefficient (Wildman–Crippen LogP) is 1.10. The van der Waals surface area contributed by atoms with E-state index in [1.807, 2.05) is 30.3 Å².